The maximum Gasteiger partial charge on any atom is 0.330 e. The molecule has 15 heavy (non-hydrogen) atoms. The van der Waals surface area contributed by atoms with Crippen molar-refractivity contribution < 1.29 is 19.4 Å². The van der Waals surface area contributed by atoms with Crippen molar-refractivity contribution >= 4 is 5.97 Å². The highest BCUT2D eigenvalue weighted by atomic mass is 16.6. The summed E-state index contributed by atoms with van der Waals surface area (Å²) in [6.45, 7) is 4.60. The first-order valence-electron chi connectivity index (χ1n) is 5.11. The third-order valence-corrected chi connectivity index (χ3v) is 2.65. The minimum atomic E-state index is -0.935. The molecule has 0 radical (unpaired) electrons. The molecule has 0 aromatic heterocycles. The van der Waals surface area contributed by atoms with E-state index < -0.39 is 5.97 Å². The Hall–Kier alpha value is -0.870. The van der Waals surface area contributed by atoms with Gasteiger partial charge in [0, 0.05) is 19.1 Å². The highest BCUT2D eigenvalue weighted by Gasteiger charge is 2.43. The molecular formula is C11H18O4. The van der Waals surface area contributed by atoms with Gasteiger partial charge in [-0.25, -0.2) is 4.79 Å². The molecule has 2 fully saturated rings. The Morgan fingerprint density at radius 3 is 2.47 bits per heavy atom. The van der Waals surface area contributed by atoms with Crippen molar-refractivity contribution in [2.75, 3.05) is 7.11 Å². The van der Waals surface area contributed by atoms with E-state index in [1.165, 1.54) is 19.8 Å². The van der Waals surface area contributed by atoms with Gasteiger partial charge in [-0.05, 0) is 19.8 Å². The molecule has 0 spiro atoms. The smallest absolute Gasteiger partial charge is 0.330 e. The predicted octanol–water partition coefficient (Wildman–Crippen LogP) is 1.60. The van der Waals surface area contributed by atoms with E-state index in [1.54, 1.807) is 7.11 Å². The summed E-state index contributed by atoms with van der Waals surface area (Å²) in [6.07, 6.45) is 5.18. The number of aliphatic carboxylic acids is 1. The molecule has 2 aliphatic rings. The van der Waals surface area contributed by atoms with Crippen LogP contribution in [0.2, 0.25) is 0 Å². The molecule has 86 valence electrons. The highest BCUT2D eigenvalue weighted by Crippen LogP contribution is 2.37. The summed E-state index contributed by atoms with van der Waals surface area (Å²) in [5, 5.41) is 7.89. The van der Waals surface area contributed by atoms with Gasteiger partial charge in [0.25, 0.3) is 0 Å². The van der Waals surface area contributed by atoms with Gasteiger partial charge in [0.15, 0.2) is 0 Å². The lowest BCUT2D eigenvalue weighted by Crippen LogP contribution is -2.19. The Morgan fingerprint density at radius 2 is 2.07 bits per heavy atom. The Morgan fingerprint density at radius 1 is 1.47 bits per heavy atom. The van der Waals surface area contributed by atoms with Crippen LogP contribution in [-0.4, -0.2) is 36.5 Å². The Bertz CT molecular complexity index is 237. The average molecular weight is 214 g/mol. The molecule has 3 unspecified atom stereocenters. The molecule has 1 aliphatic heterocycles. The molecule has 3 atom stereocenters. The average Bonchev–Trinajstić information content (AvgIpc) is 2.95. The molecule has 4 heteroatoms. The maximum atomic E-state index is 9.60. The van der Waals surface area contributed by atoms with E-state index in [0.29, 0.717) is 18.3 Å². The fraction of sp³-hybridized carbons (Fsp3) is 0.727. The van der Waals surface area contributed by atoms with Gasteiger partial charge in [0.05, 0.1) is 18.3 Å². The van der Waals surface area contributed by atoms with Crippen LogP contribution in [0.15, 0.2) is 12.2 Å². The van der Waals surface area contributed by atoms with Crippen LogP contribution in [0.25, 0.3) is 0 Å². The molecule has 1 N–H and O–H groups in total. The predicted molar refractivity (Wildman–Crippen MR) is 55.8 cm³/mol. The number of hydrogen-bond acceptors (Lipinski definition) is 3. The summed E-state index contributed by atoms with van der Waals surface area (Å²) in [4.78, 5) is 9.60. The molecule has 2 rings (SSSR count). The quantitative estimate of drug-likeness (QED) is 0.560. The highest BCUT2D eigenvalue weighted by molar-refractivity contribution is 5.84. The Balaban J connectivity index is 0.000000167. The molecule has 1 saturated carbocycles. The number of methoxy groups -OCH3 is 1. The number of rotatable bonds is 2. The first kappa shape index (κ1) is 12.2. The van der Waals surface area contributed by atoms with E-state index in [2.05, 4.69) is 6.58 Å². The van der Waals surface area contributed by atoms with Gasteiger partial charge in [-0.15, -0.1) is 0 Å². The first-order valence-corrected chi connectivity index (χ1v) is 5.11. The summed E-state index contributed by atoms with van der Waals surface area (Å²) in [5.74, 6) is -0.935. The number of hydrogen-bond donors (Lipinski definition) is 1. The van der Waals surface area contributed by atoms with Gasteiger partial charge in [-0.1, -0.05) is 6.58 Å². The molecular weight excluding hydrogens is 196 g/mol. The lowest BCUT2D eigenvalue weighted by Gasteiger charge is -2.16. The standard InChI is InChI=1S/C7H12O2.C4H6O2/c1-8-5-2-3-6-7(4-5)9-6;1-3(2)4(5)6/h5-7H,2-4H2,1H3;1H2,2H3,(H,5,6). The van der Waals surface area contributed by atoms with Crippen LogP contribution in [0, 0.1) is 0 Å². The van der Waals surface area contributed by atoms with E-state index >= 15 is 0 Å². The van der Waals surface area contributed by atoms with Crippen LogP contribution < -0.4 is 0 Å². The minimum absolute atomic E-state index is 0.176. The summed E-state index contributed by atoms with van der Waals surface area (Å²) in [6, 6.07) is 0. The van der Waals surface area contributed by atoms with Crippen LogP contribution in [-0.2, 0) is 14.3 Å². The van der Waals surface area contributed by atoms with Crippen molar-refractivity contribution in [1.29, 1.82) is 0 Å². The normalized spacial score (nSPS) is 32.0. The lowest BCUT2D eigenvalue weighted by atomic mass is 9.98. The topological polar surface area (TPSA) is 59.1 Å². The number of epoxide rings is 1. The van der Waals surface area contributed by atoms with Crippen LogP contribution in [0.4, 0.5) is 0 Å². The fourth-order valence-corrected chi connectivity index (χ4v) is 1.58. The van der Waals surface area contributed by atoms with Crippen LogP contribution in [0.5, 0.6) is 0 Å². The van der Waals surface area contributed by atoms with Crippen molar-refractivity contribution in [3.05, 3.63) is 12.2 Å². The zero-order valence-corrected chi connectivity index (χ0v) is 9.23. The van der Waals surface area contributed by atoms with E-state index in [0.717, 1.165) is 6.42 Å². The zero-order valence-electron chi connectivity index (χ0n) is 9.23. The van der Waals surface area contributed by atoms with Gasteiger partial charge in [0.2, 0.25) is 0 Å². The van der Waals surface area contributed by atoms with Crippen molar-refractivity contribution in [2.24, 2.45) is 0 Å². The largest absolute Gasteiger partial charge is 0.478 e. The number of carboxylic acid groups (broad SMARTS) is 1. The third kappa shape index (κ3) is 4.01. The number of carboxylic acids is 1. The van der Waals surface area contributed by atoms with Crippen molar-refractivity contribution in [3.8, 4) is 0 Å². The molecule has 1 heterocycles. The van der Waals surface area contributed by atoms with Crippen molar-refractivity contribution in [3.63, 3.8) is 0 Å². The van der Waals surface area contributed by atoms with Gasteiger partial charge in [0.1, 0.15) is 0 Å². The Labute approximate surface area is 89.9 Å². The number of ether oxygens (including phenoxy) is 2. The van der Waals surface area contributed by atoms with E-state index in [4.69, 9.17) is 14.6 Å². The zero-order chi connectivity index (χ0) is 11.4. The molecule has 0 amide bonds. The van der Waals surface area contributed by atoms with Crippen LogP contribution >= 0.6 is 0 Å². The minimum Gasteiger partial charge on any atom is -0.478 e. The van der Waals surface area contributed by atoms with Gasteiger partial charge in [-0.3, -0.25) is 0 Å². The second kappa shape index (κ2) is 5.28. The van der Waals surface area contributed by atoms with E-state index in [-0.39, 0.29) is 5.57 Å². The van der Waals surface area contributed by atoms with Crippen LogP contribution in [0.1, 0.15) is 26.2 Å². The summed E-state index contributed by atoms with van der Waals surface area (Å²) >= 11 is 0. The lowest BCUT2D eigenvalue weighted by molar-refractivity contribution is -0.132. The molecule has 0 aromatic carbocycles. The molecule has 0 bridgehead atoms. The third-order valence-electron chi connectivity index (χ3n) is 2.65. The van der Waals surface area contributed by atoms with Gasteiger partial charge in [-0.2, -0.15) is 0 Å². The molecule has 1 aliphatic carbocycles. The van der Waals surface area contributed by atoms with Gasteiger partial charge >= 0.3 is 5.97 Å². The Kier molecular flexibility index (Phi) is 4.29. The van der Waals surface area contributed by atoms with Gasteiger partial charge < -0.3 is 14.6 Å². The second-order valence-corrected chi connectivity index (χ2v) is 3.97. The van der Waals surface area contributed by atoms with Crippen molar-refractivity contribution in [2.45, 2.75) is 44.5 Å². The fourth-order valence-electron chi connectivity index (χ4n) is 1.58. The van der Waals surface area contributed by atoms with Crippen LogP contribution in [0.3, 0.4) is 0 Å². The number of fused-ring (bicyclic) bond motifs is 1. The molecule has 1 saturated heterocycles. The number of carbonyl (C=O) groups is 1. The summed E-state index contributed by atoms with van der Waals surface area (Å²) in [5.41, 5.74) is 0.176. The first-order chi connectivity index (χ1) is 7.04. The monoisotopic (exact) mass is 214 g/mol. The summed E-state index contributed by atoms with van der Waals surface area (Å²) in [7, 11) is 1.79. The maximum absolute atomic E-state index is 9.60. The second-order valence-electron chi connectivity index (χ2n) is 3.97. The van der Waals surface area contributed by atoms with Crippen molar-refractivity contribution in [1.82, 2.24) is 0 Å². The molecule has 0 aromatic rings. The SMILES string of the molecule is C=C(C)C(=O)O.COC1CCC2OC2C1. The summed E-state index contributed by atoms with van der Waals surface area (Å²) < 4.78 is 10.5. The van der Waals surface area contributed by atoms with E-state index in [9.17, 15) is 4.79 Å². The molecule has 4 nitrogen and oxygen atoms in total. The van der Waals surface area contributed by atoms with E-state index in [1.807, 2.05) is 0 Å².